The fourth-order valence-electron chi connectivity index (χ4n) is 5.22. The molecule has 2 aliphatic rings. The lowest BCUT2D eigenvalue weighted by molar-refractivity contribution is 0.0926. The molecule has 3 aromatic rings. The monoisotopic (exact) mass is 503 g/mol. The van der Waals surface area contributed by atoms with Crippen molar-refractivity contribution in [3.63, 3.8) is 0 Å². The van der Waals surface area contributed by atoms with E-state index in [-0.39, 0.29) is 5.78 Å². The van der Waals surface area contributed by atoms with Gasteiger partial charge in [0.05, 0.1) is 19.6 Å². The Morgan fingerprint density at radius 3 is 2.22 bits per heavy atom. The van der Waals surface area contributed by atoms with Gasteiger partial charge >= 0.3 is 0 Å². The second-order valence-electron chi connectivity index (χ2n) is 9.39. The van der Waals surface area contributed by atoms with Gasteiger partial charge in [-0.25, -0.2) is 0 Å². The third-order valence-corrected chi connectivity index (χ3v) is 8.53. The first kappa shape index (κ1) is 24.7. The van der Waals surface area contributed by atoms with E-state index in [4.69, 9.17) is 14.2 Å². The van der Waals surface area contributed by atoms with Gasteiger partial charge in [-0.1, -0.05) is 24.6 Å². The van der Waals surface area contributed by atoms with Gasteiger partial charge in [0.1, 0.15) is 23.9 Å². The molecule has 1 fully saturated rings. The molecule has 0 radical (unpaired) electrons. The summed E-state index contributed by atoms with van der Waals surface area (Å²) in [5.41, 5.74) is 1.88. The molecule has 1 atom stereocenters. The molecule has 0 saturated carbocycles. The summed E-state index contributed by atoms with van der Waals surface area (Å²) in [6.45, 7) is 3.93. The molecule has 2 aliphatic heterocycles. The zero-order valence-corrected chi connectivity index (χ0v) is 21.8. The second kappa shape index (κ2) is 11.0. The summed E-state index contributed by atoms with van der Waals surface area (Å²) >= 11 is 1.70. The Morgan fingerprint density at radius 1 is 0.861 bits per heavy atom. The number of fused-ring (bicyclic) bond motifs is 1. The molecule has 188 valence electrons. The largest absolute Gasteiger partial charge is 0.497 e. The normalized spacial score (nSPS) is 19.5. The van der Waals surface area contributed by atoms with E-state index in [1.54, 1.807) is 26.0 Å². The first-order valence-corrected chi connectivity index (χ1v) is 13.6. The van der Waals surface area contributed by atoms with Crippen molar-refractivity contribution in [2.24, 2.45) is 0 Å². The van der Waals surface area contributed by atoms with Crippen molar-refractivity contribution in [2.45, 2.75) is 29.6 Å². The molecular formula is C30H33NO4S. The summed E-state index contributed by atoms with van der Waals surface area (Å²) in [5.74, 6) is 3.09. The Hall–Kier alpha value is -2.96. The van der Waals surface area contributed by atoms with Crippen LogP contribution in [0.25, 0.3) is 0 Å². The highest BCUT2D eigenvalue weighted by Gasteiger charge is 2.47. The Balaban J connectivity index is 1.40. The molecule has 5 nitrogen and oxygen atoms in total. The number of hydrogen-bond acceptors (Lipinski definition) is 6. The maximum absolute atomic E-state index is 14.2. The minimum absolute atomic E-state index is 0.0870. The van der Waals surface area contributed by atoms with Gasteiger partial charge in [-0.05, 0) is 85.6 Å². The standard InChI is InChI=1S/C30H33NO4S/c1-33-24-12-8-23(9-13-24)30(21-36-28-20-26(34-2)14-15-27(28)30)29(32)22-6-10-25(11-7-22)35-19-18-31-16-4-3-5-17-31/h6-15,20H,3-5,16-19,21H2,1-2H3. The number of likely N-dealkylation sites (tertiary alicyclic amines) is 1. The summed E-state index contributed by atoms with van der Waals surface area (Å²) in [6, 6.07) is 21.5. The summed E-state index contributed by atoms with van der Waals surface area (Å²) in [6.07, 6.45) is 3.89. The van der Waals surface area contributed by atoms with Gasteiger partial charge in [-0.3, -0.25) is 9.69 Å². The van der Waals surface area contributed by atoms with Crippen LogP contribution in [0, 0.1) is 0 Å². The van der Waals surface area contributed by atoms with Crippen LogP contribution in [0.1, 0.15) is 40.7 Å². The molecule has 6 heteroatoms. The van der Waals surface area contributed by atoms with Crippen LogP contribution < -0.4 is 14.2 Å². The molecule has 5 rings (SSSR count). The second-order valence-corrected chi connectivity index (χ2v) is 10.4. The topological polar surface area (TPSA) is 48.0 Å². The molecule has 1 saturated heterocycles. The quantitative estimate of drug-likeness (QED) is 0.342. The molecule has 0 amide bonds. The van der Waals surface area contributed by atoms with E-state index in [2.05, 4.69) is 4.90 Å². The molecule has 0 aliphatic carbocycles. The smallest absolute Gasteiger partial charge is 0.178 e. The number of thioether (sulfide) groups is 1. The lowest BCUT2D eigenvalue weighted by Crippen LogP contribution is -2.37. The van der Waals surface area contributed by atoms with Gasteiger partial charge in [0.15, 0.2) is 5.78 Å². The summed E-state index contributed by atoms with van der Waals surface area (Å²) < 4.78 is 16.8. The number of carbonyl (C=O) groups excluding carboxylic acids is 1. The van der Waals surface area contributed by atoms with E-state index in [0.717, 1.165) is 52.9 Å². The first-order valence-electron chi connectivity index (χ1n) is 12.6. The molecular weight excluding hydrogens is 470 g/mol. The van der Waals surface area contributed by atoms with Gasteiger partial charge in [0.25, 0.3) is 0 Å². The van der Waals surface area contributed by atoms with Crippen LogP contribution in [0.2, 0.25) is 0 Å². The van der Waals surface area contributed by atoms with Gasteiger partial charge in [-0.2, -0.15) is 0 Å². The van der Waals surface area contributed by atoms with E-state index >= 15 is 0 Å². The number of benzene rings is 3. The van der Waals surface area contributed by atoms with Crippen molar-refractivity contribution in [3.8, 4) is 17.2 Å². The van der Waals surface area contributed by atoms with Crippen LogP contribution in [-0.2, 0) is 5.41 Å². The van der Waals surface area contributed by atoms with Crippen LogP contribution >= 0.6 is 11.8 Å². The number of methoxy groups -OCH3 is 2. The van der Waals surface area contributed by atoms with E-state index in [9.17, 15) is 4.79 Å². The van der Waals surface area contributed by atoms with Crippen molar-refractivity contribution in [1.82, 2.24) is 4.90 Å². The minimum Gasteiger partial charge on any atom is -0.497 e. The Morgan fingerprint density at radius 2 is 1.53 bits per heavy atom. The van der Waals surface area contributed by atoms with Gasteiger partial charge in [0.2, 0.25) is 0 Å². The van der Waals surface area contributed by atoms with Crippen molar-refractivity contribution < 1.29 is 19.0 Å². The Bertz CT molecular complexity index is 1190. The van der Waals surface area contributed by atoms with E-state index in [1.165, 1.54) is 19.3 Å². The lowest BCUT2D eigenvalue weighted by atomic mass is 9.71. The summed E-state index contributed by atoms with van der Waals surface area (Å²) in [4.78, 5) is 17.8. The summed E-state index contributed by atoms with van der Waals surface area (Å²) in [5, 5.41) is 0. The lowest BCUT2D eigenvalue weighted by Gasteiger charge is -2.29. The van der Waals surface area contributed by atoms with Crippen molar-refractivity contribution in [1.29, 1.82) is 0 Å². The van der Waals surface area contributed by atoms with Gasteiger partial charge < -0.3 is 14.2 Å². The highest BCUT2D eigenvalue weighted by molar-refractivity contribution is 7.99. The molecule has 3 aromatic carbocycles. The maximum atomic E-state index is 14.2. The SMILES string of the molecule is COc1ccc(C2(C(=O)c3ccc(OCCN4CCCCC4)cc3)CSc3cc(OC)ccc32)cc1. The third-order valence-electron chi connectivity index (χ3n) is 7.30. The molecule has 0 N–H and O–H groups in total. The highest BCUT2D eigenvalue weighted by Crippen LogP contribution is 2.50. The van der Waals surface area contributed by atoms with Gasteiger partial charge in [0, 0.05) is 22.8 Å². The predicted octanol–water partition coefficient (Wildman–Crippen LogP) is 5.84. The van der Waals surface area contributed by atoms with E-state index in [1.807, 2.05) is 66.7 Å². The number of hydrogen-bond donors (Lipinski definition) is 0. The van der Waals surface area contributed by atoms with Crippen LogP contribution in [-0.4, -0.2) is 56.9 Å². The number of piperidine rings is 1. The van der Waals surface area contributed by atoms with Crippen LogP contribution in [0.4, 0.5) is 0 Å². The Kier molecular flexibility index (Phi) is 7.54. The van der Waals surface area contributed by atoms with Crippen molar-refractivity contribution >= 4 is 17.5 Å². The minimum atomic E-state index is -0.783. The fraction of sp³-hybridized carbons (Fsp3) is 0.367. The number of ketones is 1. The third kappa shape index (κ3) is 4.84. The average molecular weight is 504 g/mol. The van der Waals surface area contributed by atoms with Gasteiger partial charge in [-0.15, -0.1) is 11.8 Å². The maximum Gasteiger partial charge on any atom is 0.178 e. The number of nitrogens with zero attached hydrogens (tertiary/aromatic N) is 1. The average Bonchev–Trinajstić information content (AvgIpc) is 3.33. The number of carbonyl (C=O) groups is 1. The van der Waals surface area contributed by atoms with Crippen LogP contribution in [0.3, 0.4) is 0 Å². The van der Waals surface area contributed by atoms with E-state index in [0.29, 0.717) is 17.9 Å². The zero-order chi connectivity index (χ0) is 25.0. The summed E-state index contributed by atoms with van der Waals surface area (Å²) in [7, 11) is 3.32. The van der Waals surface area contributed by atoms with Crippen molar-refractivity contribution in [3.05, 3.63) is 83.4 Å². The Labute approximate surface area is 217 Å². The predicted molar refractivity (Wildman–Crippen MR) is 144 cm³/mol. The van der Waals surface area contributed by atoms with E-state index < -0.39 is 5.41 Å². The molecule has 0 spiro atoms. The van der Waals surface area contributed by atoms with Crippen LogP contribution in [0.5, 0.6) is 17.2 Å². The molecule has 0 aromatic heterocycles. The number of Topliss-reactive ketones (excluding diaryl/α,β-unsaturated/α-hetero) is 1. The number of rotatable bonds is 9. The first-order chi connectivity index (χ1) is 17.6. The zero-order valence-electron chi connectivity index (χ0n) is 21.0. The molecule has 36 heavy (non-hydrogen) atoms. The molecule has 0 bridgehead atoms. The van der Waals surface area contributed by atoms with Crippen LogP contribution in [0.15, 0.2) is 71.6 Å². The number of ether oxygens (including phenoxy) is 3. The molecule has 2 heterocycles. The fourth-order valence-corrected chi connectivity index (χ4v) is 6.65. The molecule has 1 unspecified atom stereocenters. The highest BCUT2D eigenvalue weighted by atomic mass is 32.2. The van der Waals surface area contributed by atoms with Crippen molar-refractivity contribution in [2.75, 3.05) is 46.2 Å².